The molecular weight excluding hydrogens is 826 g/mol. The Kier molecular flexibility index (Phi) is 11.3. The molecule has 3 atom stereocenters. The molecule has 8 heterocycles. The van der Waals surface area contributed by atoms with E-state index >= 15 is 4.39 Å². The number of aliphatic hydroxyl groups is 1. The molecule has 18 heteroatoms. The second-order valence-corrected chi connectivity index (χ2v) is 18.2. The lowest BCUT2D eigenvalue weighted by atomic mass is 9.89. The Hall–Kier alpha value is -5.98. The number of aryl methyl sites for hydroxylation is 1. The van der Waals surface area contributed by atoms with E-state index in [0.717, 1.165) is 75.1 Å². The van der Waals surface area contributed by atoms with Gasteiger partial charge in [-0.2, -0.15) is 5.10 Å². The first-order valence-electron chi connectivity index (χ1n) is 21.9. The first kappa shape index (κ1) is 41.1. The largest absolute Gasteiger partial charge is 0.374 e. The van der Waals surface area contributed by atoms with Gasteiger partial charge in [0.25, 0.3) is 11.8 Å². The van der Waals surface area contributed by atoms with Crippen molar-refractivity contribution in [1.82, 2.24) is 44.3 Å². The van der Waals surface area contributed by atoms with Crippen molar-refractivity contribution in [2.75, 3.05) is 43.4 Å². The highest BCUT2D eigenvalue weighted by atomic mass is 32.1. The van der Waals surface area contributed by atoms with Crippen LogP contribution in [0.1, 0.15) is 101 Å². The van der Waals surface area contributed by atoms with E-state index in [2.05, 4.69) is 48.0 Å². The van der Waals surface area contributed by atoms with Crippen LogP contribution in [-0.4, -0.2) is 113 Å². The molecule has 4 amide bonds. The van der Waals surface area contributed by atoms with E-state index in [0.29, 0.717) is 54.9 Å². The van der Waals surface area contributed by atoms with Crippen LogP contribution < -0.4 is 16.0 Å². The number of benzene rings is 2. The van der Waals surface area contributed by atoms with Gasteiger partial charge in [-0.05, 0) is 112 Å². The van der Waals surface area contributed by atoms with E-state index in [4.69, 9.17) is 0 Å². The molecule has 0 bridgehead atoms. The average Bonchev–Trinajstić information content (AvgIpc) is 4.15. The van der Waals surface area contributed by atoms with Crippen molar-refractivity contribution in [1.29, 1.82) is 0 Å². The minimum Gasteiger partial charge on any atom is -0.374 e. The lowest BCUT2D eigenvalue weighted by Crippen LogP contribution is -2.49. The number of nitrogens with one attached hydrogen (secondary N) is 3. The summed E-state index contributed by atoms with van der Waals surface area (Å²) in [7, 11) is 0. The second-order valence-electron chi connectivity index (χ2n) is 17.3. The van der Waals surface area contributed by atoms with Gasteiger partial charge in [0.2, 0.25) is 11.8 Å². The normalized spacial score (nSPS) is 21.3. The maximum atomic E-state index is 16.0. The number of aliphatic hydroxyl groups excluding tert-OH is 1. The number of hydrogen-bond donors (Lipinski definition) is 4. The van der Waals surface area contributed by atoms with Crippen molar-refractivity contribution < 1.29 is 28.7 Å². The van der Waals surface area contributed by atoms with Gasteiger partial charge in [0.15, 0.2) is 11.2 Å². The average molecular weight is 876 g/mol. The third-order valence-electron chi connectivity index (χ3n) is 13.5. The molecule has 5 aromatic rings. The fourth-order valence-corrected chi connectivity index (χ4v) is 10.5. The number of carbonyl (C=O) groups excluding carboxylic acids is 4. The molecule has 328 valence electrons. The number of fused-ring (bicyclic) bond motifs is 2. The minimum absolute atomic E-state index is 0.0757. The summed E-state index contributed by atoms with van der Waals surface area (Å²) < 4.78 is 19.6. The molecule has 3 saturated heterocycles. The Balaban J connectivity index is 0.728. The van der Waals surface area contributed by atoms with Crippen LogP contribution >= 0.6 is 11.3 Å². The fourth-order valence-electron chi connectivity index (χ4n) is 9.97. The molecule has 2 aromatic carbocycles. The number of amides is 4. The third kappa shape index (κ3) is 8.34. The first-order valence-corrected chi connectivity index (χ1v) is 22.8. The highest BCUT2D eigenvalue weighted by Crippen LogP contribution is 2.38. The SMILES string of the molecule is O=C(Nc1nccs1)C(c1ncn2c1CCC2)N1Cc2c(F)cc(-n3cc(C4CCN(C(=O)CN5CCC(c6ccc(N[C@H]7CCC(O)NC7=O)cc6)CC5)CC4)cn3)cc2C1=O. The van der Waals surface area contributed by atoms with E-state index in [1.807, 2.05) is 27.8 Å². The summed E-state index contributed by atoms with van der Waals surface area (Å²) in [5.41, 5.74) is 5.37. The smallest absolute Gasteiger partial charge is 0.255 e. The zero-order valence-electron chi connectivity index (χ0n) is 34.8. The van der Waals surface area contributed by atoms with Crippen LogP contribution in [0.5, 0.6) is 0 Å². The standard InChI is InChI=1S/C45H50FN11O5S/c46-35-21-32(20-33-34(35)24-56(44(33)62)41(43(61)52-45-47-13-19-63-45)40-37-2-1-14-55(37)26-48-40)57-23-30(22-49-57)29-11-17-54(18-12-29)39(59)25-53-15-9-28(10-16-53)27-3-5-31(6-4-27)50-36-7-8-38(58)51-42(36)60/h3-6,13,19-23,26,28-29,36,38,41,50,58H,1-2,7-12,14-18,24-25H2,(H,51,60)(H,47,52,61)/t36-,38?,41?/m0/s1. The topological polar surface area (TPSA) is 183 Å². The number of likely N-dealkylation sites (tertiary alicyclic amines) is 2. The number of piperidine rings is 3. The first-order chi connectivity index (χ1) is 30.6. The number of hydrogen-bond acceptors (Lipinski definition) is 11. The lowest BCUT2D eigenvalue weighted by Gasteiger charge is -2.36. The number of nitrogens with zero attached hydrogens (tertiary/aromatic N) is 8. The molecule has 5 aliphatic rings. The number of halogens is 1. The van der Waals surface area contributed by atoms with E-state index in [9.17, 15) is 24.3 Å². The van der Waals surface area contributed by atoms with E-state index in [-0.39, 0.29) is 41.4 Å². The molecule has 0 aliphatic carbocycles. The third-order valence-corrected chi connectivity index (χ3v) is 14.2. The summed E-state index contributed by atoms with van der Waals surface area (Å²) in [6.45, 7) is 4.09. The Morgan fingerprint density at radius 2 is 1.73 bits per heavy atom. The van der Waals surface area contributed by atoms with Crippen LogP contribution in [0.3, 0.4) is 0 Å². The Bertz CT molecular complexity index is 2510. The lowest BCUT2D eigenvalue weighted by molar-refractivity contribution is -0.133. The summed E-state index contributed by atoms with van der Waals surface area (Å²) in [4.78, 5) is 68.0. The van der Waals surface area contributed by atoms with Crippen molar-refractivity contribution in [2.45, 2.75) is 94.6 Å². The monoisotopic (exact) mass is 875 g/mol. The number of rotatable bonds is 11. The van der Waals surface area contributed by atoms with E-state index < -0.39 is 29.9 Å². The van der Waals surface area contributed by atoms with Gasteiger partial charge in [-0.15, -0.1) is 11.3 Å². The zero-order valence-corrected chi connectivity index (χ0v) is 35.6. The molecule has 3 aromatic heterocycles. The van der Waals surface area contributed by atoms with Gasteiger partial charge in [0, 0.05) is 59.9 Å². The Labute approximate surface area is 367 Å². The molecule has 0 saturated carbocycles. The van der Waals surface area contributed by atoms with Gasteiger partial charge < -0.3 is 30.1 Å². The fraction of sp³-hybridized carbons (Fsp3) is 0.444. The molecule has 0 radical (unpaired) electrons. The summed E-state index contributed by atoms with van der Waals surface area (Å²) in [6.07, 6.45) is 12.4. The quantitative estimate of drug-likeness (QED) is 0.147. The predicted molar refractivity (Wildman–Crippen MR) is 232 cm³/mol. The second kappa shape index (κ2) is 17.3. The zero-order chi connectivity index (χ0) is 43.2. The van der Waals surface area contributed by atoms with E-state index in [1.165, 1.54) is 27.9 Å². The van der Waals surface area contributed by atoms with Crippen molar-refractivity contribution in [3.63, 3.8) is 0 Å². The van der Waals surface area contributed by atoms with Crippen molar-refractivity contribution in [2.24, 2.45) is 0 Å². The molecular formula is C45H50FN11O5S. The van der Waals surface area contributed by atoms with Gasteiger partial charge in [0.1, 0.15) is 18.1 Å². The molecule has 63 heavy (non-hydrogen) atoms. The molecule has 2 unspecified atom stereocenters. The predicted octanol–water partition coefficient (Wildman–Crippen LogP) is 4.54. The minimum atomic E-state index is -1.07. The summed E-state index contributed by atoms with van der Waals surface area (Å²) in [6, 6.07) is 9.88. The van der Waals surface area contributed by atoms with Crippen LogP contribution in [0, 0.1) is 5.82 Å². The van der Waals surface area contributed by atoms with Crippen molar-refractivity contribution in [3.8, 4) is 5.69 Å². The van der Waals surface area contributed by atoms with Crippen LogP contribution in [0.2, 0.25) is 0 Å². The number of thiazole rings is 1. The van der Waals surface area contributed by atoms with Crippen molar-refractivity contribution in [3.05, 3.63) is 106 Å². The van der Waals surface area contributed by atoms with Crippen LogP contribution in [0.15, 0.2) is 66.7 Å². The van der Waals surface area contributed by atoms with Gasteiger partial charge in [-0.1, -0.05) is 12.1 Å². The maximum Gasteiger partial charge on any atom is 0.255 e. The highest BCUT2D eigenvalue weighted by Gasteiger charge is 2.42. The molecule has 10 rings (SSSR count). The van der Waals surface area contributed by atoms with Gasteiger partial charge >= 0.3 is 0 Å². The number of imidazole rings is 1. The molecule has 16 nitrogen and oxygen atoms in total. The van der Waals surface area contributed by atoms with Crippen LogP contribution in [0.25, 0.3) is 5.69 Å². The van der Waals surface area contributed by atoms with E-state index in [1.54, 1.807) is 34.8 Å². The molecule has 3 fully saturated rings. The van der Waals surface area contributed by atoms with Crippen LogP contribution in [-0.2, 0) is 33.9 Å². The number of carbonyl (C=O) groups is 4. The molecule has 4 N–H and O–H groups in total. The molecule has 0 spiro atoms. The maximum absolute atomic E-state index is 16.0. The van der Waals surface area contributed by atoms with Crippen molar-refractivity contribution >= 4 is 45.8 Å². The molecule has 5 aliphatic heterocycles. The Morgan fingerprint density at radius 3 is 2.49 bits per heavy atom. The van der Waals surface area contributed by atoms with Crippen LogP contribution in [0.4, 0.5) is 15.2 Å². The summed E-state index contributed by atoms with van der Waals surface area (Å²) in [5, 5.41) is 25.1. The Morgan fingerprint density at radius 1 is 0.952 bits per heavy atom. The highest BCUT2D eigenvalue weighted by molar-refractivity contribution is 7.13. The van der Waals surface area contributed by atoms with Gasteiger partial charge in [0.05, 0.1) is 37.0 Å². The number of anilines is 2. The summed E-state index contributed by atoms with van der Waals surface area (Å²) >= 11 is 1.27. The van der Waals surface area contributed by atoms with Gasteiger partial charge in [-0.3, -0.25) is 29.4 Å². The van der Waals surface area contributed by atoms with Gasteiger partial charge in [-0.25, -0.2) is 19.0 Å². The summed E-state index contributed by atoms with van der Waals surface area (Å²) in [5.74, 6) is -0.899. The number of aromatic nitrogens is 5.